The number of nitrogens with zero attached hydrogens (tertiary/aromatic N) is 1. The van der Waals surface area contributed by atoms with Crippen molar-refractivity contribution in [3.8, 4) is 0 Å². The van der Waals surface area contributed by atoms with Crippen LogP contribution in [0.3, 0.4) is 0 Å². The summed E-state index contributed by atoms with van der Waals surface area (Å²) in [6.45, 7) is 6.11. The number of carbonyl (C=O) groups is 1. The van der Waals surface area contributed by atoms with E-state index in [0.717, 1.165) is 17.8 Å². The van der Waals surface area contributed by atoms with Crippen LogP contribution in [-0.2, 0) is 4.79 Å². The van der Waals surface area contributed by atoms with Crippen LogP contribution in [0.2, 0.25) is 0 Å². The van der Waals surface area contributed by atoms with Crippen LogP contribution in [-0.4, -0.2) is 11.9 Å². The fourth-order valence-electron chi connectivity index (χ4n) is 3.28. The number of benzene rings is 2. The van der Waals surface area contributed by atoms with Crippen LogP contribution in [0.5, 0.6) is 0 Å². The molecule has 0 saturated carbocycles. The van der Waals surface area contributed by atoms with E-state index in [4.69, 9.17) is 0 Å². The molecule has 1 heterocycles. The summed E-state index contributed by atoms with van der Waals surface area (Å²) in [7, 11) is 0. The first kappa shape index (κ1) is 15.6. The van der Waals surface area contributed by atoms with E-state index in [1.54, 1.807) is 0 Å². The molecule has 2 aromatic carbocycles. The zero-order chi connectivity index (χ0) is 16.4. The summed E-state index contributed by atoms with van der Waals surface area (Å²) in [6.07, 6.45) is 0.907. The first-order chi connectivity index (χ1) is 11.1. The van der Waals surface area contributed by atoms with E-state index in [-0.39, 0.29) is 17.9 Å². The molecule has 23 heavy (non-hydrogen) atoms. The summed E-state index contributed by atoms with van der Waals surface area (Å²) < 4.78 is 0. The maximum absolute atomic E-state index is 13.0. The standard InChI is InChI=1S/C20H24N2O/c1-14(2)20(23)22(16-9-5-4-6-10-16)19-13-15(3)21-18-12-8-7-11-17(18)19/h4-12,14-15,19,21H,13H2,1-3H3/t15-,19-/m1/s1. The molecule has 0 saturated heterocycles. The number of amides is 1. The van der Waals surface area contributed by atoms with Gasteiger partial charge < -0.3 is 10.2 Å². The SMILES string of the molecule is CC(C)C(=O)N(c1ccccc1)[C@@H]1C[C@@H](C)Nc2ccccc21. The molecule has 2 aromatic rings. The molecule has 0 aliphatic carbocycles. The highest BCUT2D eigenvalue weighted by Gasteiger charge is 2.33. The maximum Gasteiger partial charge on any atom is 0.230 e. The van der Waals surface area contributed by atoms with Gasteiger partial charge in [-0.2, -0.15) is 0 Å². The second-order valence-electron chi connectivity index (χ2n) is 6.58. The van der Waals surface area contributed by atoms with Crippen molar-refractivity contribution in [2.75, 3.05) is 10.2 Å². The Balaban J connectivity index is 2.08. The van der Waals surface area contributed by atoms with Gasteiger partial charge in [0.25, 0.3) is 0 Å². The second-order valence-corrected chi connectivity index (χ2v) is 6.58. The molecule has 2 atom stereocenters. The zero-order valence-corrected chi connectivity index (χ0v) is 14.0. The Morgan fingerprint density at radius 2 is 1.74 bits per heavy atom. The molecule has 3 rings (SSSR count). The van der Waals surface area contributed by atoms with Crippen molar-refractivity contribution in [2.24, 2.45) is 5.92 Å². The van der Waals surface area contributed by atoms with E-state index >= 15 is 0 Å². The molecule has 1 aliphatic heterocycles. The average molecular weight is 308 g/mol. The highest BCUT2D eigenvalue weighted by molar-refractivity contribution is 5.95. The molecule has 3 heteroatoms. The normalized spacial score (nSPS) is 19.8. The van der Waals surface area contributed by atoms with Crippen LogP contribution in [0.1, 0.15) is 38.8 Å². The number of hydrogen-bond donors (Lipinski definition) is 1. The molecule has 0 fully saturated rings. The summed E-state index contributed by atoms with van der Waals surface area (Å²) in [6, 6.07) is 18.7. The van der Waals surface area contributed by atoms with Gasteiger partial charge in [-0.05, 0) is 37.1 Å². The topological polar surface area (TPSA) is 32.3 Å². The molecule has 0 radical (unpaired) electrons. The number of anilines is 2. The number of hydrogen-bond acceptors (Lipinski definition) is 2. The van der Waals surface area contributed by atoms with E-state index in [0.29, 0.717) is 6.04 Å². The van der Waals surface area contributed by atoms with E-state index in [1.807, 2.05) is 61.2 Å². The van der Waals surface area contributed by atoms with Crippen molar-refractivity contribution in [3.05, 3.63) is 60.2 Å². The number of fused-ring (bicyclic) bond motifs is 1. The molecule has 1 amide bonds. The monoisotopic (exact) mass is 308 g/mol. The van der Waals surface area contributed by atoms with Crippen LogP contribution < -0.4 is 10.2 Å². The van der Waals surface area contributed by atoms with Gasteiger partial charge in [0.1, 0.15) is 0 Å². The van der Waals surface area contributed by atoms with Gasteiger partial charge in [-0.15, -0.1) is 0 Å². The van der Waals surface area contributed by atoms with Crippen LogP contribution >= 0.6 is 0 Å². The van der Waals surface area contributed by atoms with Gasteiger partial charge in [0.15, 0.2) is 0 Å². The van der Waals surface area contributed by atoms with Crippen molar-refractivity contribution in [3.63, 3.8) is 0 Å². The predicted octanol–water partition coefficient (Wildman–Crippen LogP) is 4.62. The van der Waals surface area contributed by atoms with Gasteiger partial charge in [-0.3, -0.25) is 4.79 Å². The summed E-state index contributed by atoms with van der Waals surface area (Å²) in [5, 5.41) is 3.53. The minimum absolute atomic E-state index is 0.0347. The Labute approximate surface area is 138 Å². The van der Waals surface area contributed by atoms with Crippen molar-refractivity contribution < 1.29 is 4.79 Å². The summed E-state index contributed by atoms with van der Waals surface area (Å²) in [5.74, 6) is 0.137. The van der Waals surface area contributed by atoms with Crippen molar-refractivity contribution in [2.45, 2.75) is 39.3 Å². The lowest BCUT2D eigenvalue weighted by Crippen LogP contribution is -2.42. The third-order valence-electron chi connectivity index (χ3n) is 4.38. The number of para-hydroxylation sites is 2. The first-order valence-electron chi connectivity index (χ1n) is 8.31. The Kier molecular flexibility index (Phi) is 4.37. The molecule has 120 valence electrons. The predicted molar refractivity (Wildman–Crippen MR) is 95.7 cm³/mol. The van der Waals surface area contributed by atoms with Crippen LogP contribution in [0.4, 0.5) is 11.4 Å². The zero-order valence-electron chi connectivity index (χ0n) is 14.0. The first-order valence-corrected chi connectivity index (χ1v) is 8.31. The highest BCUT2D eigenvalue weighted by Crippen LogP contribution is 2.39. The van der Waals surface area contributed by atoms with Gasteiger partial charge in [0.2, 0.25) is 5.91 Å². The lowest BCUT2D eigenvalue weighted by molar-refractivity contribution is -0.122. The van der Waals surface area contributed by atoms with Crippen LogP contribution in [0, 0.1) is 5.92 Å². The number of rotatable bonds is 3. The van der Waals surface area contributed by atoms with Gasteiger partial charge in [-0.25, -0.2) is 0 Å². The van der Waals surface area contributed by atoms with E-state index in [2.05, 4.69) is 24.4 Å². The smallest absolute Gasteiger partial charge is 0.230 e. The molecular weight excluding hydrogens is 284 g/mol. The molecule has 1 N–H and O–H groups in total. The third kappa shape index (κ3) is 3.09. The third-order valence-corrected chi connectivity index (χ3v) is 4.38. The van der Waals surface area contributed by atoms with E-state index in [9.17, 15) is 4.79 Å². The van der Waals surface area contributed by atoms with E-state index in [1.165, 1.54) is 5.56 Å². The number of carbonyl (C=O) groups excluding carboxylic acids is 1. The second kappa shape index (κ2) is 6.45. The van der Waals surface area contributed by atoms with Gasteiger partial charge >= 0.3 is 0 Å². The van der Waals surface area contributed by atoms with Crippen LogP contribution in [0.15, 0.2) is 54.6 Å². The van der Waals surface area contributed by atoms with Crippen molar-refractivity contribution in [1.82, 2.24) is 0 Å². The highest BCUT2D eigenvalue weighted by atomic mass is 16.2. The lowest BCUT2D eigenvalue weighted by atomic mass is 9.91. The van der Waals surface area contributed by atoms with Crippen molar-refractivity contribution in [1.29, 1.82) is 0 Å². The fourth-order valence-corrected chi connectivity index (χ4v) is 3.28. The minimum Gasteiger partial charge on any atom is -0.382 e. The van der Waals surface area contributed by atoms with E-state index < -0.39 is 0 Å². The molecule has 0 unspecified atom stereocenters. The number of nitrogens with one attached hydrogen (secondary N) is 1. The fraction of sp³-hybridized carbons (Fsp3) is 0.350. The molecule has 0 aromatic heterocycles. The molecule has 3 nitrogen and oxygen atoms in total. The van der Waals surface area contributed by atoms with Gasteiger partial charge in [0.05, 0.1) is 6.04 Å². The largest absolute Gasteiger partial charge is 0.382 e. The average Bonchev–Trinajstić information content (AvgIpc) is 2.55. The molecule has 0 bridgehead atoms. The van der Waals surface area contributed by atoms with Crippen molar-refractivity contribution >= 4 is 17.3 Å². The van der Waals surface area contributed by atoms with Gasteiger partial charge in [-0.1, -0.05) is 50.2 Å². The Hall–Kier alpha value is -2.29. The van der Waals surface area contributed by atoms with Gasteiger partial charge in [0, 0.05) is 23.3 Å². The molecule has 1 aliphatic rings. The maximum atomic E-state index is 13.0. The summed E-state index contributed by atoms with van der Waals surface area (Å²) >= 11 is 0. The molecular formula is C20H24N2O. The Bertz CT molecular complexity index is 681. The van der Waals surface area contributed by atoms with Crippen LogP contribution in [0.25, 0.3) is 0 Å². The quantitative estimate of drug-likeness (QED) is 0.897. The molecule has 0 spiro atoms. The lowest BCUT2D eigenvalue weighted by Gasteiger charge is -2.39. The minimum atomic E-state index is -0.0347. The Morgan fingerprint density at radius 3 is 2.43 bits per heavy atom. The summed E-state index contributed by atoms with van der Waals surface area (Å²) in [5.41, 5.74) is 3.30. The summed E-state index contributed by atoms with van der Waals surface area (Å²) in [4.78, 5) is 15.0. The Morgan fingerprint density at radius 1 is 1.09 bits per heavy atom.